The van der Waals surface area contributed by atoms with E-state index in [1.54, 1.807) is 28.2 Å². The third kappa shape index (κ3) is 5.00. The molecule has 0 saturated carbocycles. The number of thiazole rings is 1. The van der Waals surface area contributed by atoms with Gasteiger partial charge in [0.25, 0.3) is 0 Å². The highest BCUT2D eigenvalue weighted by molar-refractivity contribution is 7.22. The summed E-state index contributed by atoms with van der Waals surface area (Å²) in [4.78, 5) is 20.0. The highest BCUT2D eigenvalue weighted by Crippen LogP contribution is 2.34. The lowest BCUT2D eigenvalue weighted by atomic mass is 9.97. The van der Waals surface area contributed by atoms with Crippen molar-refractivity contribution in [3.63, 3.8) is 0 Å². The van der Waals surface area contributed by atoms with Crippen molar-refractivity contribution in [2.75, 3.05) is 24.6 Å². The molecule has 9 heteroatoms. The molecule has 1 saturated heterocycles. The Kier molecular flexibility index (Phi) is 6.68. The first-order chi connectivity index (χ1) is 17.0. The number of hydrogen-bond acceptors (Lipinski definition) is 6. The molecule has 5 rings (SSSR count). The van der Waals surface area contributed by atoms with Crippen molar-refractivity contribution in [3.05, 3.63) is 65.6 Å². The van der Waals surface area contributed by atoms with Gasteiger partial charge in [-0.3, -0.25) is 4.79 Å². The molecule has 35 heavy (non-hydrogen) atoms. The average Bonchev–Trinajstić information content (AvgIpc) is 3.45. The SMILES string of the molecule is CCOc1ccc(CNC(=O)C2CCCN(c3nc4c(s3)c(C)nn4-c3ccc(F)cc3)C2)cc1. The van der Waals surface area contributed by atoms with Gasteiger partial charge < -0.3 is 15.0 Å². The number of nitrogens with one attached hydrogen (secondary N) is 1. The number of fused-ring (bicyclic) bond motifs is 1. The van der Waals surface area contributed by atoms with E-state index in [0.717, 1.165) is 57.6 Å². The number of anilines is 1. The maximum Gasteiger partial charge on any atom is 0.225 e. The van der Waals surface area contributed by atoms with Crippen LogP contribution in [-0.2, 0) is 11.3 Å². The van der Waals surface area contributed by atoms with Crippen LogP contribution < -0.4 is 15.0 Å². The van der Waals surface area contributed by atoms with E-state index in [1.165, 1.54) is 12.1 Å². The quantitative estimate of drug-likeness (QED) is 0.398. The number of ether oxygens (including phenoxy) is 1. The molecule has 3 heterocycles. The molecule has 2 aromatic carbocycles. The maximum absolute atomic E-state index is 13.4. The summed E-state index contributed by atoms with van der Waals surface area (Å²) in [5.74, 6) is 0.527. The summed E-state index contributed by atoms with van der Waals surface area (Å²) in [6, 6.07) is 14.1. The molecule has 2 aromatic heterocycles. The first-order valence-electron chi connectivity index (χ1n) is 11.9. The standard InChI is InChI=1S/C26H28FN5O2S/c1-3-34-22-12-6-18(7-13-22)15-28-25(33)19-5-4-14-31(16-19)26-29-24-23(35-26)17(2)30-32(24)21-10-8-20(27)9-11-21/h6-13,19H,3-5,14-16H2,1-2H3,(H,28,33). The lowest BCUT2D eigenvalue weighted by Gasteiger charge is -2.31. The number of aryl methyl sites for hydroxylation is 1. The first kappa shape index (κ1) is 23.3. The molecule has 182 valence electrons. The summed E-state index contributed by atoms with van der Waals surface area (Å²) < 4.78 is 21.6. The number of aromatic nitrogens is 3. The fourth-order valence-electron chi connectivity index (χ4n) is 4.39. The molecule has 1 aliphatic rings. The average molecular weight is 494 g/mol. The third-order valence-electron chi connectivity index (χ3n) is 6.21. The van der Waals surface area contributed by atoms with Crippen molar-refractivity contribution in [1.82, 2.24) is 20.1 Å². The van der Waals surface area contributed by atoms with Crippen LogP contribution in [0.25, 0.3) is 16.0 Å². The van der Waals surface area contributed by atoms with Crippen molar-refractivity contribution in [3.8, 4) is 11.4 Å². The zero-order chi connectivity index (χ0) is 24.4. The maximum atomic E-state index is 13.4. The fourth-order valence-corrected chi connectivity index (χ4v) is 5.41. The molecule has 0 aliphatic carbocycles. The number of hydrogen-bond donors (Lipinski definition) is 1. The molecule has 0 radical (unpaired) electrons. The van der Waals surface area contributed by atoms with Gasteiger partial charge in [0.15, 0.2) is 10.8 Å². The summed E-state index contributed by atoms with van der Waals surface area (Å²) in [5, 5.41) is 8.58. The Morgan fingerprint density at radius 1 is 1.20 bits per heavy atom. The molecule has 1 amide bonds. The second-order valence-electron chi connectivity index (χ2n) is 8.70. The molecule has 7 nitrogen and oxygen atoms in total. The Labute approximate surface area is 207 Å². The molecule has 0 bridgehead atoms. The van der Waals surface area contributed by atoms with E-state index in [9.17, 15) is 9.18 Å². The van der Waals surface area contributed by atoms with E-state index in [-0.39, 0.29) is 17.6 Å². The lowest BCUT2D eigenvalue weighted by molar-refractivity contribution is -0.125. The van der Waals surface area contributed by atoms with Crippen LogP contribution in [0.5, 0.6) is 5.75 Å². The van der Waals surface area contributed by atoms with Gasteiger partial charge in [0.1, 0.15) is 11.6 Å². The highest BCUT2D eigenvalue weighted by atomic mass is 32.1. The summed E-state index contributed by atoms with van der Waals surface area (Å²) in [7, 11) is 0. The van der Waals surface area contributed by atoms with Crippen molar-refractivity contribution in [1.29, 1.82) is 0 Å². The fraction of sp³-hybridized carbons (Fsp3) is 0.346. The van der Waals surface area contributed by atoms with Crippen LogP contribution in [0.15, 0.2) is 48.5 Å². The van der Waals surface area contributed by atoms with Crippen LogP contribution in [0.2, 0.25) is 0 Å². The Balaban J connectivity index is 1.27. The number of carbonyl (C=O) groups excluding carboxylic acids is 1. The number of benzene rings is 2. The van der Waals surface area contributed by atoms with Gasteiger partial charge in [-0.25, -0.2) is 9.07 Å². The second kappa shape index (κ2) is 10.0. The van der Waals surface area contributed by atoms with E-state index in [2.05, 4.69) is 15.3 Å². The topological polar surface area (TPSA) is 72.3 Å². The minimum Gasteiger partial charge on any atom is -0.494 e. The van der Waals surface area contributed by atoms with Gasteiger partial charge in [-0.2, -0.15) is 10.1 Å². The van der Waals surface area contributed by atoms with Gasteiger partial charge in [-0.15, -0.1) is 0 Å². The lowest BCUT2D eigenvalue weighted by Crippen LogP contribution is -2.43. The number of halogens is 1. The molecule has 1 N–H and O–H groups in total. The van der Waals surface area contributed by atoms with Gasteiger partial charge in [0.05, 0.1) is 28.6 Å². The second-order valence-corrected chi connectivity index (χ2v) is 9.68. The first-order valence-corrected chi connectivity index (χ1v) is 12.7. The zero-order valence-electron chi connectivity index (χ0n) is 19.8. The zero-order valence-corrected chi connectivity index (χ0v) is 20.6. The van der Waals surface area contributed by atoms with E-state index in [1.807, 2.05) is 38.1 Å². The van der Waals surface area contributed by atoms with E-state index < -0.39 is 0 Å². The van der Waals surface area contributed by atoms with Gasteiger partial charge in [-0.05, 0) is 68.7 Å². The molecule has 4 aromatic rings. The van der Waals surface area contributed by atoms with Gasteiger partial charge >= 0.3 is 0 Å². The minimum atomic E-state index is -0.284. The van der Waals surface area contributed by atoms with Crippen LogP contribution in [0.3, 0.4) is 0 Å². The summed E-state index contributed by atoms with van der Waals surface area (Å²) in [5.41, 5.74) is 3.46. The molecule has 1 unspecified atom stereocenters. The molecular weight excluding hydrogens is 465 g/mol. The number of nitrogens with zero attached hydrogens (tertiary/aromatic N) is 4. The third-order valence-corrected chi connectivity index (χ3v) is 7.43. The molecular formula is C26H28FN5O2S. The van der Waals surface area contributed by atoms with Gasteiger partial charge in [0, 0.05) is 19.6 Å². The van der Waals surface area contributed by atoms with Crippen molar-refractivity contribution in [2.45, 2.75) is 33.2 Å². The van der Waals surface area contributed by atoms with E-state index >= 15 is 0 Å². The van der Waals surface area contributed by atoms with Crippen LogP contribution in [-0.4, -0.2) is 40.4 Å². The largest absolute Gasteiger partial charge is 0.494 e. The van der Waals surface area contributed by atoms with Crippen LogP contribution in [0, 0.1) is 18.7 Å². The minimum absolute atomic E-state index is 0.0679. The summed E-state index contributed by atoms with van der Waals surface area (Å²) >= 11 is 1.59. The molecule has 0 spiro atoms. The van der Waals surface area contributed by atoms with Crippen LogP contribution >= 0.6 is 11.3 Å². The Hall–Kier alpha value is -3.46. The van der Waals surface area contributed by atoms with Crippen molar-refractivity contribution in [2.24, 2.45) is 5.92 Å². The Morgan fingerprint density at radius 2 is 1.97 bits per heavy atom. The predicted molar refractivity (Wildman–Crippen MR) is 136 cm³/mol. The van der Waals surface area contributed by atoms with Crippen molar-refractivity contribution < 1.29 is 13.9 Å². The highest BCUT2D eigenvalue weighted by Gasteiger charge is 2.28. The molecule has 1 aliphatic heterocycles. The normalized spacial score (nSPS) is 16.0. The number of amides is 1. The number of rotatable bonds is 7. The van der Waals surface area contributed by atoms with Crippen LogP contribution in [0.4, 0.5) is 9.52 Å². The van der Waals surface area contributed by atoms with E-state index in [4.69, 9.17) is 9.72 Å². The Bertz CT molecular complexity index is 1320. The smallest absolute Gasteiger partial charge is 0.225 e. The van der Waals surface area contributed by atoms with Gasteiger partial charge in [-0.1, -0.05) is 23.5 Å². The Morgan fingerprint density at radius 3 is 2.71 bits per heavy atom. The number of carbonyl (C=O) groups is 1. The molecule has 1 atom stereocenters. The predicted octanol–water partition coefficient (Wildman–Crippen LogP) is 4.86. The summed E-state index contributed by atoms with van der Waals surface area (Å²) in [6.07, 6.45) is 1.79. The number of piperidine rings is 1. The monoisotopic (exact) mass is 493 g/mol. The van der Waals surface area contributed by atoms with Gasteiger partial charge in [0.2, 0.25) is 5.91 Å². The van der Waals surface area contributed by atoms with Crippen LogP contribution in [0.1, 0.15) is 31.0 Å². The van der Waals surface area contributed by atoms with E-state index in [0.29, 0.717) is 19.7 Å². The molecule has 1 fully saturated rings. The van der Waals surface area contributed by atoms with Crippen molar-refractivity contribution >= 4 is 32.7 Å². The summed E-state index contributed by atoms with van der Waals surface area (Å²) in [6.45, 7) is 6.54.